The van der Waals surface area contributed by atoms with Crippen LogP contribution in [0.5, 0.6) is 0 Å². The molecule has 0 unspecified atom stereocenters. The second kappa shape index (κ2) is 5.45. The normalized spacial score (nSPS) is 10.1. The second-order valence-corrected chi connectivity index (χ2v) is 4.47. The van der Waals surface area contributed by atoms with Gasteiger partial charge in [0.05, 0.1) is 6.42 Å². The van der Waals surface area contributed by atoms with Crippen molar-refractivity contribution in [3.8, 4) is 0 Å². The van der Waals surface area contributed by atoms with Gasteiger partial charge in [0, 0.05) is 11.1 Å². The van der Waals surface area contributed by atoms with E-state index < -0.39 is 5.97 Å². The number of nitrogens with zero attached hydrogens (tertiary/aromatic N) is 2. The monoisotopic (exact) mass is 246 g/mol. The zero-order valence-corrected chi connectivity index (χ0v) is 9.72. The Labute approximate surface area is 103 Å². The molecule has 1 aromatic heterocycles. The third-order valence-electron chi connectivity index (χ3n) is 2.05. The molecule has 0 aliphatic rings. The highest BCUT2D eigenvalue weighted by atomic mass is 32.2. The van der Waals surface area contributed by atoms with Gasteiger partial charge in [-0.2, -0.15) is 5.10 Å². The lowest BCUT2D eigenvalue weighted by atomic mass is 10.2. The first-order chi connectivity index (χ1) is 8.24. The number of hydrogen-bond donors (Lipinski definition) is 1. The summed E-state index contributed by atoms with van der Waals surface area (Å²) in [5, 5.41) is 17.2. The van der Waals surface area contributed by atoms with E-state index in [2.05, 4.69) is 10.2 Å². The van der Waals surface area contributed by atoms with Crippen LogP contribution in [-0.4, -0.2) is 21.3 Å². The van der Waals surface area contributed by atoms with Gasteiger partial charge in [0.1, 0.15) is 5.03 Å². The van der Waals surface area contributed by atoms with Crippen molar-refractivity contribution in [3.63, 3.8) is 0 Å². The molecule has 0 radical (unpaired) electrons. The van der Waals surface area contributed by atoms with Crippen LogP contribution >= 0.6 is 11.8 Å². The fourth-order valence-corrected chi connectivity index (χ4v) is 2.06. The van der Waals surface area contributed by atoms with E-state index in [1.165, 1.54) is 11.8 Å². The quantitative estimate of drug-likeness (QED) is 0.896. The maximum atomic E-state index is 10.5. The molecule has 0 bridgehead atoms. The van der Waals surface area contributed by atoms with E-state index in [0.717, 1.165) is 15.5 Å². The van der Waals surface area contributed by atoms with Gasteiger partial charge in [-0.1, -0.05) is 23.9 Å². The Kier molecular flexibility index (Phi) is 3.72. The number of rotatable bonds is 4. The summed E-state index contributed by atoms with van der Waals surface area (Å²) in [5.74, 6) is -0.820. The van der Waals surface area contributed by atoms with Crippen molar-refractivity contribution in [3.05, 3.63) is 48.2 Å². The molecule has 1 aromatic carbocycles. The van der Waals surface area contributed by atoms with Crippen LogP contribution in [0.2, 0.25) is 0 Å². The smallest absolute Gasteiger partial charge is 0.307 e. The molecule has 0 saturated carbocycles. The fraction of sp³-hybridized carbons (Fsp3) is 0.0833. The summed E-state index contributed by atoms with van der Waals surface area (Å²) >= 11 is 1.49. The summed E-state index contributed by atoms with van der Waals surface area (Å²) in [6, 6.07) is 11.1. The summed E-state index contributed by atoms with van der Waals surface area (Å²) in [4.78, 5) is 11.5. The maximum Gasteiger partial charge on any atom is 0.307 e. The lowest BCUT2D eigenvalue weighted by molar-refractivity contribution is -0.136. The topological polar surface area (TPSA) is 63.1 Å². The van der Waals surface area contributed by atoms with Crippen molar-refractivity contribution in [1.29, 1.82) is 0 Å². The minimum absolute atomic E-state index is 0.0517. The first-order valence-electron chi connectivity index (χ1n) is 5.00. The van der Waals surface area contributed by atoms with Crippen molar-refractivity contribution >= 4 is 17.7 Å². The molecule has 4 nitrogen and oxygen atoms in total. The van der Waals surface area contributed by atoms with E-state index in [-0.39, 0.29) is 6.42 Å². The van der Waals surface area contributed by atoms with Crippen LogP contribution in [0.15, 0.2) is 52.5 Å². The Morgan fingerprint density at radius 3 is 2.59 bits per heavy atom. The SMILES string of the molecule is O=C(O)Cc1ccc(Sc2cccnn2)cc1. The van der Waals surface area contributed by atoms with E-state index in [9.17, 15) is 4.79 Å². The summed E-state index contributed by atoms with van der Waals surface area (Å²) in [5.41, 5.74) is 0.793. The zero-order chi connectivity index (χ0) is 12.1. The maximum absolute atomic E-state index is 10.5. The second-order valence-electron chi connectivity index (χ2n) is 3.38. The number of carboxylic acids is 1. The molecule has 1 N–H and O–H groups in total. The number of aromatic nitrogens is 2. The Morgan fingerprint density at radius 1 is 1.24 bits per heavy atom. The summed E-state index contributed by atoms with van der Waals surface area (Å²) in [7, 11) is 0. The number of carboxylic acid groups (broad SMARTS) is 1. The summed E-state index contributed by atoms with van der Waals surface area (Å²) in [6.45, 7) is 0. The number of benzene rings is 1. The minimum atomic E-state index is -0.820. The molecule has 0 amide bonds. The number of hydrogen-bond acceptors (Lipinski definition) is 4. The lowest BCUT2D eigenvalue weighted by Gasteiger charge is -2.01. The van der Waals surface area contributed by atoms with Crippen LogP contribution < -0.4 is 0 Å². The third-order valence-corrected chi connectivity index (χ3v) is 2.98. The highest BCUT2D eigenvalue weighted by Gasteiger charge is 2.02. The van der Waals surface area contributed by atoms with Gasteiger partial charge < -0.3 is 5.11 Å². The fourth-order valence-electron chi connectivity index (χ4n) is 1.31. The highest BCUT2D eigenvalue weighted by molar-refractivity contribution is 7.99. The average Bonchev–Trinajstić information content (AvgIpc) is 2.32. The first-order valence-corrected chi connectivity index (χ1v) is 5.82. The predicted molar refractivity (Wildman–Crippen MR) is 63.9 cm³/mol. The van der Waals surface area contributed by atoms with Crippen LogP contribution in [0.1, 0.15) is 5.56 Å². The standard InChI is InChI=1S/C12H10N2O2S/c15-12(16)8-9-3-5-10(6-4-9)17-11-2-1-7-13-14-11/h1-7H,8H2,(H,15,16). The van der Waals surface area contributed by atoms with Crippen molar-refractivity contribution in [2.24, 2.45) is 0 Å². The van der Waals surface area contributed by atoms with E-state index >= 15 is 0 Å². The average molecular weight is 246 g/mol. The van der Waals surface area contributed by atoms with Gasteiger partial charge in [-0.3, -0.25) is 4.79 Å². The molecule has 0 aliphatic carbocycles. The molecule has 0 spiro atoms. The van der Waals surface area contributed by atoms with Crippen LogP contribution in [0.25, 0.3) is 0 Å². The predicted octanol–water partition coefficient (Wildman–Crippen LogP) is 2.25. The van der Waals surface area contributed by atoms with E-state index in [0.29, 0.717) is 0 Å². The molecule has 0 saturated heterocycles. The zero-order valence-electron chi connectivity index (χ0n) is 8.91. The summed E-state index contributed by atoms with van der Waals surface area (Å²) in [6.07, 6.45) is 1.68. The minimum Gasteiger partial charge on any atom is -0.481 e. The van der Waals surface area contributed by atoms with Crippen molar-refractivity contribution in [2.45, 2.75) is 16.3 Å². The number of aliphatic carboxylic acids is 1. The van der Waals surface area contributed by atoms with Gasteiger partial charge in [0.15, 0.2) is 0 Å². The van der Waals surface area contributed by atoms with E-state index in [1.807, 2.05) is 36.4 Å². The Hall–Kier alpha value is -1.88. The molecule has 17 heavy (non-hydrogen) atoms. The molecule has 5 heteroatoms. The molecule has 1 heterocycles. The van der Waals surface area contributed by atoms with Crippen LogP contribution in [-0.2, 0) is 11.2 Å². The molecule has 2 aromatic rings. The highest BCUT2D eigenvalue weighted by Crippen LogP contribution is 2.25. The lowest BCUT2D eigenvalue weighted by Crippen LogP contribution is -1.99. The molecule has 86 valence electrons. The Morgan fingerprint density at radius 2 is 2.00 bits per heavy atom. The Balaban J connectivity index is 2.06. The Bertz CT molecular complexity index is 500. The van der Waals surface area contributed by atoms with Gasteiger partial charge in [-0.05, 0) is 29.8 Å². The molecule has 0 fully saturated rings. The van der Waals surface area contributed by atoms with Crippen LogP contribution in [0.4, 0.5) is 0 Å². The molecule has 2 rings (SSSR count). The molecule has 0 atom stereocenters. The molecule has 0 aliphatic heterocycles. The van der Waals surface area contributed by atoms with Crippen LogP contribution in [0, 0.1) is 0 Å². The summed E-state index contributed by atoms with van der Waals surface area (Å²) < 4.78 is 0. The van der Waals surface area contributed by atoms with Gasteiger partial charge >= 0.3 is 5.97 Å². The van der Waals surface area contributed by atoms with Crippen molar-refractivity contribution < 1.29 is 9.90 Å². The van der Waals surface area contributed by atoms with Crippen molar-refractivity contribution in [1.82, 2.24) is 10.2 Å². The third kappa shape index (κ3) is 3.57. The molecular weight excluding hydrogens is 236 g/mol. The van der Waals surface area contributed by atoms with Crippen molar-refractivity contribution in [2.75, 3.05) is 0 Å². The van der Waals surface area contributed by atoms with Gasteiger partial charge in [-0.25, -0.2) is 0 Å². The van der Waals surface area contributed by atoms with Gasteiger partial charge in [-0.15, -0.1) is 5.10 Å². The first kappa shape index (κ1) is 11.6. The van der Waals surface area contributed by atoms with Gasteiger partial charge in [0.25, 0.3) is 0 Å². The van der Waals surface area contributed by atoms with Gasteiger partial charge in [0.2, 0.25) is 0 Å². The molecular formula is C12H10N2O2S. The van der Waals surface area contributed by atoms with E-state index in [4.69, 9.17) is 5.11 Å². The largest absolute Gasteiger partial charge is 0.481 e. The number of carbonyl (C=O) groups is 1. The van der Waals surface area contributed by atoms with E-state index in [1.54, 1.807) is 6.20 Å². The van der Waals surface area contributed by atoms with Crippen LogP contribution in [0.3, 0.4) is 0 Å².